The molecule has 1 aliphatic rings. The van der Waals surface area contributed by atoms with Gasteiger partial charge < -0.3 is 11.1 Å². The van der Waals surface area contributed by atoms with Gasteiger partial charge in [0.15, 0.2) is 0 Å². The smallest absolute Gasteiger partial charge is 0.236 e. The van der Waals surface area contributed by atoms with Crippen molar-refractivity contribution in [1.82, 2.24) is 5.32 Å². The topological polar surface area (TPSA) is 55.1 Å². The molecule has 1 aliphatic carbocycles. The summed E-state index contributed by atoms with van der Waals surface area (Å²) in [5, 5.41) is 3.01. The van der Waals surface area contributed by atoms with Gasteiger partial charge >= 0.3 is 0 Å². The van der Waals surface area contributed by atoms with Crippen LogP contribution in [-0.2, 0) is 4.79 Å². The number of carbonyl (C=O) groups excluding carboxylic acids is 1. The summed E-state index contributed by atoms with van der Waals surface area (Å²) in [6.07, 6.45) is 7.82. The number of carbonyl (C=O) groups is 1. The summed E-state index contributed by atoms with van der Waals surface area (Å²) in [6, 6.07) is -0.111. The summed E-state index contributed by atoms with van der Waals surface area (Å²) in [6.45, 7) is 3.84. The van der Waals surface area contributed by atoms with Crippen molar-refractivity contribution < 1.29 is 4.79 Å². The lowest BCUT2D eigenvalue weighted by Crippen LogP contribution is -2.45. The summed E-state index contributed by atoms with van der Waals surface area (Å²) in [5.41, 5.74) is 5.53. The second-order valence-electron chi connectivity index (χ2n) is 4.84. The first-order valence-electron chi connectivity index (χ1n) is 6.17. The number of hydrogen-bond acceptors (Lipinski definition) is 2. The molecule has 2 atom stereocenters. The van der Waals surface area contributed by atoms with Gasteiger partial charge in [-0.05, 0) is 32.6 Å². The van der Waals surface area contributed by atoms with Crippen LogP contribution in [0, 0.1) is 5.92 Å². The van der Waals surface area contributed by atoms with E-state index in [0.29, 0.717) is 5.92 Å². The molecule has 0 aliphatic heterocycles. The highest BCUT2D eigenvalue weighted by Crippen LogP contribution is 2.25. The number of nitrogens with one attached hydrogen (secondary N) is 1. The Morgan fingerprint density at radius 1 is 1.20 bits per heavy atom. The quantitative estimate of drug-likeness (QED) is 0.701. The molecule has 0 aromatic carbocycles. The van der Waals surface area contributed by atoms with Gasteiger partial charge in [0.25, 0.3) is 0 Å². The van der Waals surface area contributed by atoms with Crippen molar-refractivity contribution >= 4 is 5.91 Å². The van der Waals surface area contributed by atoms with Crippen LogP contribution in [0.25, 0.3) is 0 Å². The van der Waals surface area contributed by atoms with Crippen LogP contribution in [0.1, 0.15) is 52.4 Å². The third-order valence-corrected chi connectivity index (χ3v) is 3.39. The van der Waals surface area contributed by atoms with E-state index < -0.39 is 6.04 Å². The van der Waals surface area contributed by atoms with Crippen molar-refractivity contribution in [2.45, 2.75) is 64.5 Å². The van der Waals surface area contributed by atoms with E-state index in [1.807, 2.05) is 0 Å². The van der Waals surface area contributed by atoms with Gasteiger partial charge in [-0.25, -0.2) is 0 Å². The van der Waals surface area contributed by atoms with E-state index in [4.69, 9.17) is 5.73 Å². The van der Waals surface area contributed by atoms with Crippen LogP contribution in [0.15, 0.2) is 0 Å². The second-order valence-corrected chi connectivity index (χ2v) is 4.84. The summed E-state index contributed by atoms with van der Waals surface area (Å²) in [5.74, 6) is 0.627. The van der Waals surface area contributed by atoms with Crippen LogP contribution in [0.2, 0.25) is 0 Å². The van der Waals surface area contributed by atoms with Crippen molar-refractivity contribution in [1.29, 1.82) is 0 Å². The predicted octanol–water partition coefficient (Wildman–Crippen LogP) is 1.81. The largest absolute Gasteiger partial charge is 0.352 e. The molecule has 0 saturated heterocycles. The minimum absolute atomic E-state index is 0.0215. The standard InChI is InChI=1S/C12H24N2O/c1-9(13)12(15)14-10(2)11-7-5-3-4-6-8-11/h9-11H,3-8,13H2,1-2H3,(H,14,15)/t9-,10+/m0/s1. The maximum atomic E-state index is 11.4. The van der Waals surface area contributed by atoms with Crippen LogP contribution in [0.5, 0.6) is 0 Å². The fourth-order valence-electron chi connectivity index (χ4n) is 2.28. The summed E-state index contributed by atoms with van der Waals surface area (Å²) in [4.78, 5) is 11.4. The summed E-state index contributed by atoms with van der Waals surface area (Å²) in [7, 11) is 0. The summed E-state index contributed by atoms with van der Waals surface area (Å²) >= 11 is 0. The van der Waals surface area contributed by atoms with Crippen molar-refractivity contribution in [2.75, 3.05) is 0 Å². The number of amides is 1. The lowest BCUT2D eigenvalue weighted by Gasteiger charge is -2.24. The van der Waals surface area contributed by atoms with Crippen LogP contribution in [-0.4, -0.2) is 18.0 Å². The molecule has 1 rings (SSSR count). The van der Waals surface area contributed by atoms with Gasteiger partial charge in [-0.3, -0.25) is 4.79 Å². The van der Waals surface area contributed by atoms with Crippen molar-refractivity contribution in [3.63, 3.8) is 0 Å². The zero-order valence-electron chi connectivity index (χ0n) is 9.96. The molecule has 1 amide bonds. The molecule has 0 unspecified atom stereocenters. The molecule has 15 heavy (non-hydrogen) atoms. The zero-order chi connectivity index (χ0) is 11.3. The fraction of sp³-hybridized carbons (Fsp3) is 0.917. The van der Waals surface area contributed by atoms with Crippen molar-refractivity contribution in [2.24, 2.45) is 11.7 Å². The fourth-order valence-corrected chi connectivity index (χ4v) is 2.28. The van der Waals surface area contributed by atoms with Crippen LogP contribution in [0.3, 0.4) is 0 Å². The third kappa shape index (κ3) is 4.20. The van der Waals surface area contributed by atoms with Crippen molar-refractivity contribution in [3.8, 4) is 0 Å². The highest BCUT2D eigenvalue weighted by atomic mass is 16.2. The van der Waals surface area contributed by atoms with Crippen LogP contribution in [0.4, 0.5) is 0 Å². The molecule has 88 valence electrons. The first kappa shape index (κ1) is 12.5. The molecule has 0 bridgehead atoms. The minimum Gasteiger partial charge on any atom is -0.352 e. The molecule has 0 aromatic heterocycles. The Morgan fingerprint density at radius 3 is 2.20 bits per heavy atom. The lowest BCUT2D eigenvalue weighted by molar-refractivity contribution is -0.122. The molecule has 0 aromatic rings. The molecule has 1 saturated carbocycles. The van der Waals surface area contributed by atoms with Gasteiger partial charge in [0.2, 0.25) is 5.91 Å². The molecule has 0 spiro atoms. The van der Waals surface area contributed by atoms with E-state index >= 15 is 0 Å². The Morgan fingerprint density at radius 2 is 1.73 bits per heavy atom. The Kier molecular flexibility index (Phi) is 5.09. The average molecular weight is 212 g/mol. The van der Waals surface area contributed by atoms with Gasteiger partial charge in [0, 0.05) is 6.04 Å². The monoisotopic (exact) mass is 212 g/mol. The minimum atomic E-state index is -0.391. The van der Waals surface area contributed by atoms with Gasteiger partial charge in [-0.1, -0.05) is 25.7 Å². The van der Waals surface area contributed by atoms with E-state index in [1.165, 1.54) is 38.5 Å². The molecule has 0 heterocycles. The molecule has 3 N–H and O–H groups in total. The number of nitrogens with two attached hydrogens (primary N) is 1. The zero-order valence-corrected chi connectivity index (χ0v) is 9.96. The van der Waals surface area contributed by atoms with E-state index in [-0.39, 0.29) is 11.9 Å². The Labute approximate surface area is 92.8 Å². The van der Waals surface area contributed by atoms with Gasteiger partial charge in [-0.2, -0.15) is 0 Å². The van der Waals surface area contributed by atoms with Crippen LogP contribution >= 0.6 is 0 Å². The van der Waals surface area contributed by atoms with Gasteiger partial charge in [-0.15, -0.1) is 0 Å². The average Bonchev–Trinajstić information content (AvgIpc) is 2.45. The first-order chi connectivity index (χ1) is 7.11. The molecule has 0 radical (unpaired) electrons. The number of hydrogen-bond donors (Lipinski definition) is 2. The normalized spacial score (nSPS) is 22.9. The first-order valence-corrected chi connectivity index (χ1v) is 6.17. The molecule has 3 heteroatoms. The van der Waals surface area contributed by atoms with E-state index in [1.54, 1.807) is 6.92 Å². The molecule has 3 nitrogen and oxygen atoms in total. The second kappa shape index (κ2) is 6.11. The Hall–Kier alpha value is -0.570. The predicted molar refractivity (Wildman–Crippen MR) is 62.4 cm³/mol. The third-order valence-electron chi connectivity index (χ3n) is 3.39. The molecule has 1 fully saturated rings. The summed E-state index contributed by atoms with van der Waals surface area (Å²) < 4.78 is 0. The molecular weight excluding hydrogens is 188 g/mol. The maximum absolute atomic E-state index is 11.4. The number of rotatable bonds is 3. The van der Waals surface area contributed by atoms with Gasteiger partial charge in [0.1, 0.15) is 0 Å². The lowest BCUT2D eigenvalue weighted by atomic mass is 9.93. The highest BCUT2D eigenvalue weighted by molar-refractivity contribution is 5.81. The van der Waals surface area contributed by atoms with E-state index in [2.05, 4.69) is 12.2 Å². The van der Waals surface area contributed by atoms with Gasteiger partial charge in [0.05, 0.1) is 6.04 Å². The molecular formula is C12H24N2O. The SMILES string of the molecule is C[C@H](N)C(=O)N[C@H](C)C1CCCCCC1. The maximum Gasteiger partial charge on any atom is 0.236 e. The van der Waals surface area contributed by atoms with E-state index in [0.717, 1.165) is 0 Å². The Balaban J connectivity index is 2.37. The highest BCUT2D eigenvalue weighted by Gasteiger charge is 2.21. The van der Waals surface area contributed by atoms with E-state index in [9.17, 15) is 4.79 Å². The van der Waals surface area contributed by atoms with Crippen LogP contribution < -0.4 is 11.1 Å². The van der Waals surface area contributed by atoms with Crippen molar-refractivity contribution in [3.05, 3.63) is 0 Å². The Bertz CT molecular complexity index is 196.